The third kappa shape index (κ3) is 6.26. The van der Waals surface area contributed by atoms with E-state index in [1.165, 1.54) is 30.5 Å². The number of benzene rings is 1. The summed E-state index contributed by atoms with van der Waals surface area (Å²) in [5.41, 5.74) is 0.311. The van der Waals surface area contributed by atoms with Gasteiger partial charge in [0.25, 0.3) is 0 Å². The molecule has 0 aliphatic heterocycles. The molecule has 1 aromatic heterocycles. The molecule has 2 aromatic rings. The lowest BCUT2D eigenvalue weighted by Gasteiger charge is -2.22. The number of aliphatic hydroxyl groups excluding tert-OH is 1. The van der Waals surface area contributed by atoms with Crippen molar-refractivity contribution in [3.05, 3.63) is 59.5 Å². The first-order chi connectivity index (χ1) is 15.7. The van der Waals surface area contributed by atoms with Gasteiger partial charge in [-0.3, -0.25) is 9.59 Å². The number of ether oxygens (including phenoxy) is 1. The number of ketones is 2. The molecule has 1 aliphatic rings. The molecular weight excluding hydrogens is 448 g/mol. The minimum atomic E-state index is -3.31. The highest BCUT2D eigenvalue weighted by atomic mass is 32.2. The minimum absolute atomic E-state index is 0.0211. The van der Waals surface area contributed by atoms with Crippen LogP contribution in [0.4, 0.5) is 0 Å². The number of pyridine rings is 1. The summed E-state index contributed by atoms with van der Waals surface area (Å²) in [5, 5.41) is 13.8. The Bertz CT molecular complexity index is 1180. The first-order valence-electron chi connectivity index (χ1n) is 10.3. The van der Waals surface area contributed by atoms with E-state index in [1.54, 1.807) is 25.1 Å². The fourth-order valence-electron chi connectivity index (χ4n) is 3.35. The summed E-state index contributed by atoms with van der Waals surface area (Å²) in [4.78, 5) is 34.5. The Morgan fingerprint density at radius 1 is 1.15 bits per heavy atom. The number of aliphatic hydroxyl groups is 1. The molecule has 0 atom stereocenters. The van der Waals surface area contributed by atoms with Gasteiger partial charge in [-0.25, -0.2) is 13.4 Å². The van der Waals surface area contributed by atoms with Crippen LogP contribution in [0, 0.1) is 0 Å². The molecule has 0 amide bonds. The van der Waals surface area contributed by atoms with E-state index in [2.05, 4.69) is 10.1 Å². The van der Waals surface area contributed by atoms with Gasteiger partial charge in [0.15, 0.2) is 21.4 Å². The number of oxime groups is 1. The van der Waals surface area contributed by atoms with Gasteiger partial charge in [0.2, 0.25) is 5.88 Å². The first-order valence-corrected chi connectivity index (χ1v) is 12.2. The maximum absolute atomic E-state index is 12.6. The van der Waals surface area contributed by atoms with E-state index in [1.807, 2.05) is 0 Å². The average molecular weight is 473 g/mol. The van der Waals surface area contributed by atoms with Crippen molar-refractivity contribution < 1.29 is 32.7 Å². The van der Waals surface area contributed by atoms with Crippen molar-refractivity contribution in [1.82, 2.24) is 4.98 Å². The van der Waals surface area contributed by atoms with Crippen LogP contribution in [0.5, 0.6) is 11.6 Å². The van der Waals surface area contributed by atoms with E-state index < -0.39 is 27.3 Å². The van der Waals surface area contributed by atoms with Gasteiger partial charge in [0, 0.05) is 43.2 Å². The van der Waals surface area contributed by atoms with Crippen LogP contribution in [0.2, 0.25) is 0 Å². The van der Waals surface area contributed by atoms with Gasteiger partial charge in [-0.1, -0.05) is 11.2 Å². The average Bonchev–Trinajstić information content (AvgIpc) is 2.76. The second kappa shape index (κ2) is 10.4. The van der Waals surface area contributed by atoms with E-state index in [0.717, 1.165) is 6.26 Å². The zero-order valence-corrected chi connectivity index (χ0v) is 19.0. The zero-order chi connectivity index (χ0) is 24.0. The monoisotopic (exact) mass is 472 g/mol. The van der Waals surface area contributed by atoms with Gasteiger partial charge in [0.05, 0.1) is 16.7 Å². The van der Waals surface area contributed by atoms with Crippen LogP contribution in [0.15, 0.2) is 63.8 Å². The molecule has 0 spiro atoms. The quantitative estimate of drug-likeness (QED) is 0.203. The third-order valence-electron chi connectivity index (χ3n) is 4.91. The predicted octanol–water partition coefficient (Wildman–Crippen LogP) is 3.52. The number of aromatic nitrogens is 1. The van der Waals surface area contributed by atoms with Crippen LogP contribution in [0.25, 0.3) is 0 Å². The maximum atomic E-state index is 12.6. The number of hydrogen-bond acceptors (Lipinski definition) is 9. The highest BCUT2D eigenvalue weighted by Crippen LogP contribution is 2.33. The molecule has 9 nitrogen and oxygen atoms in total. The second-order valence-electron chi connectivity index (χ2n) is 7.43. The molecular formula is C23H24N2O7S. The van der Waals surface area contributed by atoms with Crippen molar-refractivity contribution >= 4 is 27.6 Å². The van der Waals surface area contributed by atoms with Crippen molar-refractivity contribution in [2.45, 2.75) is 37.0 Å². The molecule has 0 unspecified atom stereocenters. The fourth-order valence-corrected chi connectivity index (χ4v) is 3.98. The van der Waals surface area contributed by atoms with Gasteiger partial charge < -0.3 is 14.7 Å². The summed E-state index contributed by atoms with van der Waals surface area (Å²) in [5.74, 6) is -1.04. The molecule has 174 valence electrons. The number of allylic oxidation sites excluding steroid dienone is 2. The van der Waals surface area contributed by atoms with E-state index in [0.29, 0.717) is 18.1 Å². The molecule has 1 aliphatic carbocycles. The van der Waals surface area contributed by atoms with Gasteiger partial charge in [-0.2, -0.15) is 0 Å². The molecule has 1 N–H and O–H groups in total. The molecule has 3 rings (SSSR count). The Balaban J connectivity index is 1.72. The number of carbonyl (C=O) groups is 2. The van der Waals surface area contributed by atoms with E-state index >= 15 is 0 Å². The summed E-state index contributed by atoms with van der Waals surface area (Å²) in [6.07, 6.45) is 2.39. The van der Waals surface area contributed by atoms with E-state index in [9.17, 15) is 23.1 Å². The number of rotatable bonds is 8. The van der Waals surface area contributed by atoms with Crippen molar-refractivity contribution in [3.8, 4) is 11.6 Å². The molecule has 1 fully saturated rings. The highest BCUT2D eigenvalue weighted by Gasteiger charge is 2.34. The molecule has 33 heavy (non-hydrogen) atoms. The fraction of sp³-hybridized carbons (Fsp3) is 0.304. The van der Waals surface area contributed by atoms with Gasteiger partial charge in [-0.15, -0.1) is 0 Å². The zero-order valence-electron chi connectivity index (χ0n) is 18.2. The molecule has 0 bridgehead atoms. The lowest BCUT2D eigenvalue weighted by Crippen LogP contribution is -2.26. The normalized spacial score (nSPS) is 16.8. The molecule has 0 radical (unpaired) electrons. The van der Waals surface area contributed by atoms with Gasteiger partial charge in [-0.05, 0) is 37.3 Å². The summed E-state index contributed by atoms with van der Waals surface area (Å²) in [7, 11) is -3.31. The van der Waals surface area contributed by atoms with Crippen LogP contribution in [-0.4, -0.2) is 49.2 Å². The van der Waals surface area contributed by atoms with Crippen molar-refractivity contribution in [2.24, 2.45) is 5.16 Å². The number of carbonyl (C=O) groups excluding carboxylic acids is 2. The Kier molecular flexibility index (Phi) is 7.59. The minimum Gasteiger partial charge on any atom is -0.511 e. The lowest BCUT2D eigenvalue weighted by molar-refractivity contribution is -0.124. The summed E-state index contributed by atoms with van der Waals surface area (Å²) in [6.45, 7) is 2.13. The Hall–Kier alpha value is -3.53. The van der Waals surface area contributed by atoms with E-state index in [4.69, 9.17) is 9.57 Å². The SMILES string of the molecule is CCON=CCC(O)=C1C(=O)CC(c2cccc(Oc3ccc(S(C)(=O)=O)cc3)n2)CC1=O. The Morgan fingerprint density at radius 3 is 2.42 bits per heavy atom. The van der Waals surface area contributed by atoms with Crippen molar-refractivity contribution in [2.75, 3.05) is 12.9 Å². The number of Topliss-reactive ketones (excluding diaryl/α,β-unsaturated/α-hetero) is 2. The van der Waals surface area contributed by atoms with Crippen LogP contribution in [0.3, 0.4) is 0 Å². The molecule has 1 saturated carbocycles. The molecule has 10 heteroatoms. The third-order valence-corrected chi connectivity index (χ3v) is 6.04. The largest absolute Gasteiger partial charge is 0.511 e. The highest BCUT2D eigenvalue weighted by molar-refractivity contribution is 7.90. The first kappa shape index (κ1) is 24.1. The van der Waals surface area contributed by atoms with Gasteiger partial charge >= 0.3 is 0 Å². The standard InChI is InChI=1S/C23H24N2O7S/c1-3-31-24-12-11-19(26)23-20(27)13-15(14-21(23)28)18-5-4-6-22(25-18)32-16-7-9-17(10-8-16)33(2,29)30/h4-10,12,15,26H,3,11,13-14H2,1-2H3. The number of sulfone groups is 1. The van der Waals surface area contributed by atoms with E-state index in [-0.39, 0.29) is 41.4 Å². The van der Waals surface area contributed by atoms with Crippen LogP contribution in [0.1, 0.15) is 37.8 Å². The van der Waals surface area contributed by atoms with Crippen LogP contribution < -0.4 is 4.74 Å². The Labute approximate surface area is 191 Å². The number of nitrogens with zero attached hydrogens (tertiary/aromatic N) is 2. The topological polar surface area (TPSA) is 132 Å². The lowest BCUT2D eigenvalue weighted by atomic mass is 9.81. The second-order valence-corrected chi connectivity index (χ2v) is 9.45. The van der Waals surface area contributed by atoms with Crippen LogP contribution in [-0.2, 0) is 24.3 Å². The van der Waals surface area contributed by atoms with Crippen LogP contribution >= 0.6 is 0 Å². The molecule has 1 aromatic carbocycles. The molecule has 0 saturated heterocycles. The van der Waals surface area contributed by atoms with Crippen molar-refractivity contribution in [3.63, 3.8) is 0 Å². The predicted molar refractivity (Wildman–Crippen MR) is 120 cm³/mol. The summed E-state index contributed by atoms with van der Waals surface area (Å²) >= 11 is 0. The summed E-state index contributed by atoms with van der Waals surface area (Å²) in [6, 6.07) is 10.9. The maximum Gasteiger partial charge on any atom is 0.219 e. The molecule has 1 heterocycles. The smallest absolute Gasteiger partial charge is 0.219 e. The van der Waals surface area contributed by atoms with Crippen molar-refractivity contribution in [1.29, 1.82) is 0 Å². The Morgan fingerprint density at radius 2 is 1.82 bits per heavy atom. The summed E-state index contributed by atoms with van der Waals surface area (Å²) < 4.78 is 28.9. The number of hydrogen-bond donors (Lipinski definition) is 1. The van der Waals surface area contributed by atoms with Gasteiger partial charge in [0.1, 0.15) is 18.1 Å².